The van der Waals surface area contributed by atoms with Crippen LogP contribution in [-0.2, 0) is 25.9 Å². The van der Waals surface area contributed by atoms with E-state index in [2.05, 4.69) is 70.7 Å². The van der Waals surface area contributed by atoms with Gasteiger partial charge in [0.15, 0.2) is 5.96 Å². The minimum Gasteiger partial charge on any atom is -0.361 e. The van der Waals surface area contributed by atoms with Crippen molar-refractivity contribution >= 4 is 5.96 Å². The van der Waals surface area contributed by atoms with Crippen LogP contribution in [-0.4, -0.2) is 42.7 Å². The van der Waals surface area contributed by atoms with Crippen molar-refractivity contribution in [1.82, 2.24) is 20.7 Å². The summed E-state index contributed by atoms with van der Waals surface area (Å²) in [6.07, 6.45) is 4.19. The Morgan fingerprint density at radius 2 is 1.87 bits per heavy atom. The maximum Gasteiger partial charge on any atom is 0.191 e. The predicted molar refractivity (Wildman–Crippen MR) is 123 cm³/mol. The zero-order valence-corrected chi connectivity index (χ0v) is 19.0. The standard InChI is InChI=1S/C24H37N5O/c1-5-22-21(23(6-2)30-28-22)16-27-24(25-4)26-15-19-11-13-29(14-12-19)17-20-9-7-18(3)8-10-20/h7-10,19H,5-6,11-17H2,1-4H3,(H2,25,26,27). The molecule has 1 aromatic carbocycles. The zero-order chi connectivity index (χ0) is 21.3. The lowest BCUT2D eigenvalue weighted by Gasteiger charge is -2.32. The average Bonchev–Trinajstić information content (AvgIpc) is 3.18. The number of hydrogen-bond acceptors (Lipinski definition) is 4. The van der Waals surface area contributed by atoms with Crippen molar-refractivity contribution in [3.05, 3.63) is 52.4 Å². The smallest absolute Gasteiger partial charge is 0.191 e. The molecule has 0 spiro atoms. The minimum atomic E-state index is 0.686. The third-order valence-corrected chi connectivity index (χ3v) is 6.06. The van der Waals surface area contributed by atoms with Crippen LogP contribution in [0.2, 0.25) is 0 Å². The van der Waals surface area contributed by atoms with E-state index in [9.17, 15) is 0 Å². The van der Waals surface area contributed by atoms with Gasteiger partial charge in [0.1, 0.15) is 5.76 Å². The number of aryl methyl sites for hydroxylation is 3. The minimum absolute atomic E-state index is 0.686. The highest BCUT2D eigenvalue weighted by Gasteiger charge is 2.20. The Labute approximate surface area is 181 Å². The fourth-order valence-electron chi connectivity index (χ4n) is 4.07. The number of piperidine rings is 1. The first-order valence-corrected chi connectivity index (χ1v) is 11.3. The van der Waals surface area contributed by atoms with Gasteiger partial charge in [0, 0.05) is 38.7 Å². The van der Waals surface area contributed by atoms with Gasteiger partial charge >= 0.3 is 0 Å². The molecule has 2 heterocycles. The Balaban J connectivity index is 1.41. The maximum absolute atomic E-state index is 5.46. The quantitative estimate of drug-likeness (QED) is 0.512. The highest BCUT2D eigenvalue weighted by Crippen LogP contribution is 2.19. The van der Waals surface area contributed by atoms with Gasteiger partial charge in [0.25, 0.3) is 0 Å². The van der Waals surface area contributed by atoms with E-state index < -0.39 is 0 Å². The molecule has 1 aromatic heterocycles. The summed E-state index contributed by atoms with van der Waals surface area (Å²) < 4.78 is 5.46. The van der Waals surface area contributed by atoms with Gasteiger partial charge in [0.05, 0.1) is 5.69 Å². The molecule has 1 aliphatic rings. The summed E-state index contributed by atoms with van der Waals surface area (Å²) in [6.45, 7) is 11.4. The number of nitrogens with zero attached hydrogens (tertiary/aromatic N) is 3. The van der Waals surface area contributed by atoms with Gasteiger partial charge in [-0.25, -0.2) is 0 Å². The number of hydrogen-bond donors (Lipinski definition) is 2. The summed E-state index contributed by atoms with van der Waals surface area (Å²) in [5, 5.41) is 11.1. The molecule has 2 aromatic rings. The second kappa shape index (κ2) is 11.2. The molecule has 0 aliphatic carbocycles. The number of benzene rings is 1. The van der Waals surface area contributed by atoms with E-state index in [1.165, 1.54) is 29.5 Å². The summed E-state index contributed by atoms with van der Waals surface area (Å²) in [7, 11) is 1.83. The molecule has 0 amide bonds. The third-order valence-electron chi connectivity index (χ3n) is 6.06. The second-order valence-electron chi connectivity index (χ2n) is 8.25. The molecule has 6 nitrogen and oxygen atoms in total. The van der Waals surface area contributed by atoms with Gasteiger partial charge in [-0.1, -0.05) is 48.8 Å². The van der Waals surface area contributed by atoms with Gasteiger partial charge in [-0.2, -0.15) is 0 Å². The molecular weight excluding hydrogens is 374 g/mol. The molecule has 0 radical (unpaired) electrons. The SMILES string of the molecule is CCc1noc(CC)c1CNC(=NC)NCC1CCN(Cc2ccc(C)cc2)CC1. The van der Waals surface area contributed by atoms with E-state index in [0.717, 1.165) is 56.4 Å². The summed E-state index contributed by atoms with van der Waals surface area (Å²) >= 11 is 0. The van der Waals surface area contributed by atoms with E-state index in [0.29, 0.717) is 12.5 Å². The summed E-state index contributed by atoms with van der Waals surface area (Å²) in [6, 6.07) is 8.92. The van der Waals surface area contributed by atoms with E-state index in [1.807, 2.05) is 7.05 Å². The highest BCUT2D eigenvalue weighted by atomic mass is 16.5. The Morgan fingerprint density at radius 1 is 1.13 bits per heavy atom. The van der Waals surface area contributed by atoms with E-state index in [-0.39, 0.29) is 0 Å². The Morgan fingerprint density at radius 3 is 2.50 bits per heavy atom. The molecular formula is C24H37N5O. The topological polar surface area (TPSA) is 65.7 Å². The molecule has 2 N–H and O–H groups in total. The number of aliphatic imine (C=N–C) groups is 1. The molecule has 0 atom stereocenters. The van der Waals surface area contributed by atoms with Gasteiger partial charge in [-0.05, 0) is 50.8 Å². The number of likely N-dealkylation sites (tertiary alicyclic amines) is 1. The predicted octanol–water partition coefficient (Wildman–Crippen LogP) is 3.69. The van der Waals surface area contributed by atoms with Crippen molar-refractivity contribution in [2.24, 2.45) is 10.9 Å². The van der Waals surface area contributed by atoms with Crippen LogP contribution in [0.25, 0.3) is 0 Å². The van der Waals surface area contributed by atoms with Gasteiger partial charge in [-0.15, -0.1) is 0 Å². The zero-order valence-electron chi connectivity index (χ0n) is 19.0. The van der Waals surface area contributed by atoms with Crippen LogP contribution in [0.4, 0.5) is 0 Å². The third kappa shape index (κ3) is 6.08. The first-order chi connectivity index (χ1) is 14.6. The summed E-state index contributed by atoms with van der Waals surface area (Å²) in [5.41, 5.74) is 4.95. The molecule has 30 heavy (non-hydrogen) atoms. The molecule has 6 heteroatoms. The number of nitrogens with one attached hydrogen (secondary N) is 2. The highest BCUT2D eigenvalue weighted by molar-refractivity contribution is 5.79. The fraction of sp³-hybridized carbons (Fsp3) is 0.583. The van der Waals surface area contributed by atoms with E-state index in [4.69, 9.17) is 4.52 Å². The van der Waals surface area contributed by atoms with Crippen molar-refractivity contribution in [1.29, 1.82) is 0 Å². The van der Waals surface area contributed by atoms with Gasteiger partial charge in [0.2, 0.25) is 0 Å². The van der Waals surface area contributed by atoms with Crippen LogP contribution in [0, 0.1) is 12.8 Å². The van der Waals surface area contributed by atoms with E-state index >= 15 is 0 Å². The summed E-state index contributed by atoms with van der Waals surface area (Å²) in [4.78, 5) is 6.96. The van der Waals surface area contributed by atoms with Crippen molar-refractivity contribution < 1.29 is 4.52 Å². The second-order valence-corrected chi connectivity index (χ2v) is 8.25. The molecule has 1 saturated heterocycles. The Bertz CT molecular complexity index is 782. The molecule has 1 fully saturated rings. The number of guanidine groups is 1. The molecule has 3 rings (SSSR count). The normalized spacial score (nSPS) is 16.1. The number of aromatic nitrogens is 1. The van der Waals surface area contributed by atoms with Crippen molar-refractivity contribution in [2.45, 2.75) is 59.5 Å². The average molecular weight is 412 g/mol. The summed E-state index contributed by atoms with van der Waals surface area (Å²) in [5.74, 6) is 2.50. The van der Waals surface area contributed by atoms with Crippen LogP contribution in [0.1, 0.15) is 54.8 Å². The van der Waals surface area contributed by atoms with Gasteiger partial charge < -0.3 is 15.2 Å². The van der Waals surface area contributed by atoms with E-state index in [1.54, 1.807) is 0 Å². The Hall–Kier alpha value is -2.34. The van der Waals surface area contributed by atoms with Crippen LogP contribution in [0.3, 0.4) is 0 Å². The van der Waals surface area contributed by atoms with Crippen molar-refractivity contribution in [2.75, 3.05) is 26.7 Å². The molecule has 0 unspecified atom stereocenters. The van der Waals surface area contributed by atoms with Crippen LogP contribution < -0.4 is 10.6 Å². The van der Waals surface area contributed by atoms with Crippen molar-refractivity contribution in [3.8, 4) is 0 Å². The number of rotatable bonds is 8. The van der Waals surface area contributed by atoms with Crippen LogP contribution in [0.5, 0.6) is 0 Å². The van der Waals surface area contributed by atoms with Crippen molar-refractivity contribution in [3.63, 3.8) is 0 Å². The molecule has 0 saturated carbocycles. The van der Waals surface area contributed by atoms with Gasteiger partial charge in [-0.3, -0.25) is 9.89 Å². The van der Waals surface area contributed by atoms with Crippen LogP contribution >= 0.6 is 0 Å². The first kappa shape index (κ1) is 22.3. The first-order valence-electron chi connectivity index (χ1n) is 11.3. The Kier molecular flexibility index (Phi) is 8.31. The lowest BCUT2D eigenvalue weighted by Crippen LogP contribution is -2.42. The molecule has 0 bridgehead atoms. The fourth-order valence-corrected chi connectivity index (χ4v) is 4.07. The lowest BCUT2D eigenvalue weighted by atomic mass is 9.96. The largest absolute Gasteiger partial charge is 0.361 e. The maximum atomic E-state index is 5.46. The molecule has 1 aliphatic heterocycles. The lowest BCUT2D eigenvalue weighted by molar-refractivity contribution is 0.178. The van der Waals surface area contributed by atoms with Crippen LogP contribution in [0.15, 0.2) is 33.8 Å². The monoisotopic (exact) mass is 411 g/mol. The molecule has 164 valence electrons.